The lowest BCUT2D eigenvalue weighted by Gasteiger charge is -2.28. The molecule has 3 aliphatic rings. The lowest BCUT2D eigenvalue weighted by molar-refractivity contribution is -0.396. The van der Waals surface area contributed by atoms with Gasteiger partial charge in [0, 0.05) is 52.2 Å². The predicted octanol–water partition coefficient (Wildman–Crippen LogP) is 1.56. The molecule has 3 fully saturated rings. The van der Waals surface area contributed by atoms with Gasteiger partial charge in [-0.2, -0.15) is 13.2 Å². The van der Waals surface area contributed by atoms with Crippen LogP contribution in [-0.4, -0.2) is 93.9 Å². The van der Waals surface area contributed by atoms with E-state index in [2.05, 4.69) is 4.98 Å². The van der Waals surface area contributed by atoms with E-state index in [9.17, 15) is 27.9 Å². The predicted molar refractivity (Wildman–Crippen MR) is 101 cm³/mol. The molecule has 1 atom stereocenters. The van der Waals surface area contributed by atoms with Crippen LogP contribution in [0.4, 0.5) is 19.1 Å². The number of morpholine rings is 1. The number of nitro groups is 1. The van der Waals surface area contributed by atoms with Gasteiger partial charge in [-0.25, -0.2) is 13.9 Å². The van der Waals surface area contributed by atoms with Crippen molar-refractivity contribution in [2.75, 3.05) is 59.0 Å². The number of halogens is 3. The van der Waals surface area contributed by atoms with Crippen LogP contribution in [0.2, 0.25) is 0 Å². The van der Waals surface area contributed by atoms with Crippen molar-refractivity contribution in [1.29, 1.82) is 0 Å². The minimum atomic E-state index is -4.93. The van der Waals surface area contributed by atoms with Crippen molar-refractivity contribution in [3.63, 3.8) is 0 Å². The molecular weight excluding hydrogens is 444 g/mol. The molecule has 0 N–H and O–H groups in total. The van der Waals surface area contributed by atoms with Crippen LogP contribution in [0.1, 0.15) is 17.5 Å². The molecule has 1 aromatic rings. The topological polar surface area (TPSA) is 106 Å². The molecule has 174 valence electrons. The van der Waals surface area contributed by atoms with Crippen LogP contribution >= 0.6 is 7.67 Å². The molecule has 15 heteroatoms. The maximum absolute atomic E-state index is 14.1. The van der Waals surface area contributed by atoms with Gasteiger partial charge in [0.2, 0.25) is 6.10 Å². The molecule has 31 heavy (non-hydrogen) atoms. The number of alkyl halides is 3. The quantitative estimate of drug-likeness (QED) is 0.231. The van der Waals surface area contributed by atoms with Crippen molar-refractivity contribution in [3.05, 3.63) is 21.5 Å². The molecule has 11 nitrogen and oxygen atoms in total. The second-order valence-electron chi connectivity index (χ2n) is 7.69. The van der Waals surface area contributed by atoms with Gasteiger partial charge in [-0.3, -0.25) is 14.0 Å². The fourth-order valence-corrected chi connectivity index (χ4v) is 5.94. The first-order valence-electron chi connectivity index (χ1n) is 9.97. The summed E-state index contributed by atoms with van der Waals surface area (Å²) >= 11 is 0. The zero-order valence-electron chi connectivity index (χ0n) is 17.0. The van der Waals surface area contributed by atoms with E-state index in [1.807, 2.05) is 4.90 Å². The van der Waals surface area contributed by atoms with Crippen molar-refractivity contribution in [2.24, 2.45) is 7.05 Å². The third-order valence-electron chi connectivity index (χ3n) is 5.47. The Balaban J connectivity index is 1.67. The standard InChI is InChI=1S/C16H24F3N6O5P/c1-21-13(12(20-15(21)25(26)27)2-3-22-8-10-29-11-9-22)14(16(17,18)19)30-31(28,23-4-5-23)24-6-7-24/h14H,2-11H2,1H3. The molecule has 4 heterocycles. The van der Waals surface area contributed by atoms with Crippen molar-refractivity contribution in [1.82, 2.24) is 23.8 Å². The average Bonchev–Trinajstić information content (AvgIpc) is 3.61. The van der Waals surface area contributed by atoms with E-state index >= 15 is 0 Å². The van der Waals surface area contributed by atoms with Crippen molar-refractivity contribution in [3.8, 4) is 0 Å². The molecule has 0 spiro atoms. The van der Waals surface area contributed by atoms with Crippen molar-refractivity contribution in [2.45, 2.75) is 18.7 Å². The highest BCUT2D eigenvalue weighted by Crippen LogP contribution is 2.64. The Hall–Kier alpha value is -1.57. The largest absolute Gasteiger partial charge is 0.434 e. The van der Waals surface area contributed by atoms with Crippen LogP contribution in [0.3, 0.4) is 0 Å². The first-order chi connectivity index (χ1) is 14.6. The van der Waals surface area contributed by atoms with Gasteiger partial charge < -0.3 is 14.9 Å². The first kappa shape index (κ1) is 22.6. The highest BCUT2D eigenvalue weighted by Gasteiger charge is 2.57. The summed E-state index contributed by atoms with van der Waals surface area (Å²) < 4.78 is 69.8. The van der Waals surface area contributed by atoms with Gasteiger partial charge in [0.25, 0.3) is 0 Å². The second-order valence-corrected chi connectivity index (χ2v) is 10.0. The number of aromatic nitrogens is 2. The van der Waals surface area contributed by atoms with E-state index in [1.165, 1.54) is 9.34 Å². The first-order valence-corrected chi connectivity index (χ1v) is 11.5. The van der Waals surface area contributed by atoms with Crippen LogP contribution < -0.4 is 0 Å². The molecule has 0 aliphatic carbocycles. The zero-order chi connectivity index (χ0) is 22.4. The van der Waals surface area contributed by atoms with Gasteiger partial charge in [0.05, 0.1) is 20.3 Å². The number of hydrogen-bond donors (Lipinski definition) is 0. The highest BCUT2D eigenvalue weighted by molar-refractivity contribution is 7.54. The maximum atomic E-state index is 14.1. The molecule has 0 amide bonds. The normalized spacial score (nSPS) is 21.9. The molecule has 0 radical (unpaired) electrons. The summed E-state index contributed by atoms with van der Waals surface area (Å²) in [5, 5.41) is 11.4. The Labute approximate surface area is 176 Å². The Morgan fingerprint density at radius 3 is 2.26 bits per heavy atom. The number of rotatable bonds is 9. The van der Waals surface area contributed by atoms with Gasteiger partial charge in [0.15, 0.2) is 11.4 Å². The number of imidazole rings is 1. The summed E-state index contributed by atoms with van der Waals surface area (Å²) in [5.74, 6) is -0.710. The smallest absolute Gasteiger partial charge is 0.390 e. The Bertz CT molecular complexity index is 866. The Kier molecular flexibility index (Phi) is 6.14. The van der Waals surface area contributed by atoms with Gasteiger partial charge >= 0.3 is 19.8 Å². The molecule has 1 aromatic heterocycles. The van der Waals surface area contributed by atoms with E-state index in [4.69, 9.17) is 9.26 Å². The number of ether oxygens (including phenoxy) is 1. The van der Waals surface area contributed by atoms with Gasteiger partial charge in [-0.15, -0.1) is 0 Å². The minimum absolute atomic E-state index is 0.0602. The number of nitrogens with zero attached hydrogens (tertiary/aromatic N) is 6. The third-order valence-corrected chi connectivity index (χ3v) is 8.19. The summed E-state index contributed by atoms with van der Waals surface area (Å²) in [5.41, 5.74) is -0.553. The highest BCUT2D eigenvalue weighted by atomic mass is 31.2. The second kappa shape index (κ2) is 8.41. The summed E-state index contributed by atoms with van der Waals surface area (Å²) in [4.78, 5) is 16.4. The van der Waals surface area contributed by atoms with Crippen LogP contribution in [0.15, 0.2) is 0 Å². The molecule has 3 saturated heterocycles. The molecule has 0 saturated carbocycles. The lowest BCUT2D eigenvalue weighted by Crippen LogP contribution is -2.37. The van der Waals surface area contributed by atoms with Crippen LogP contribution in [-0.2, 0) is 27.3 Å². The van der Waals surface area contributed by atoms with E-state index in [0.717, 1.165) is 11.6 Å². The van der Waals surface area contributed by atoms with Crippen LogP contribution in [0, 0.1) is 10.1 Å². The summed E-state index contributed by atoms with van der Waals surface area (Å²) in [6.45, 7) is 4.15. The minimum Gasteiger partial charge on any atom is -0.390 e. The van der Waals surface area contributed by atoms with E-state index in [1.54, 1.807) is 0 Å². The summed E-state index contributed by atoms with van der Waals surface area (Å²) in [7, 11) is -2.70. The molecule has 4 rings (SSSR count). The SMILES string of the molecule is Cn1c([N+](=O)[O-])nc(CCN2CCOCC2)c1C(OP(=O)(N1CC1)N1CC1)C(F)(F)F. The van der Waals surface area contributed by atoms with Gasteiger partial charge in [-0.1, -0.05) is 4.98 Å². The third kappa shape index (κ3) is 4.78. The summed E-state index contributed by atoms with van der Waals surface area (Å²) in [6.07, 6.45) is -7.47. The molecule has 3 aliphatic heterocycles. The van der Waals surface area contributed by atoms with Crippen molar-refractivity contribution >= 4 is 13.6 Å². The lowest BCUT2D eigenvalue weighted by atomic mass is 10.1. The maximum Gasteiger partial charge on any atom is 0.434 e. The summed E-state index contributed by atoms with van der Waals surface area (Å²) in [6, 6.07) is 0. The Morgan fingerprint density at radius 1 is 1.19 bits per heavy atom. The van der Waals surface area contributed by atoms with E-state index < -0.39 is 36.5 Å². The average molecular weight is 468 g/mol. The molecule has 0 bridgehead atoms. The van der Waals surface area contributed by atoms with Crippen LogP contribution in [0.5, 0.6) is 0 Å². The molecular formula is C16H24F3N6O5P. The Morgan fingerprint density at radius 2 is 1.77 bits per heavy atom. The van der Waals surface area contributed by atoms with E-state index in [-0.39, 0.29) is 12.1 Å². The fraction of sp³-hybridized carbons (Fsp3) is 0.812. The van der Waals surface area contributed by atoms with Gasteiger partial charge in [0.1, 0.15) is 0 Å². The monoisotopic (exact) mass is 468 g/mol. The van der Waals surface area contributed by atoms with E-state index in [0.29, 0.717) is 59.0 Å². The molecule has 0 aromatic carbocycles. The fourth-order valence-electron chi connectivity index (χ4n) is 3.63. The molecule has 1 unspecified atom stereocenters. The van der Waals surface area contributed by atoms with Crippen molar-refractivity contribution < 1.29 is 31.9 Å². The number of hydrogen-bond acceptors (Lipinski definition) is 7. The zero-order valence-corrected chi connectivity index (χ0v) is 17.8. The van der Waals surface area contributed by atoms with Crippen LogP contribution in [0.25, 0.3) is 0 Å². The van der Waals surface area contributed by atoms with Gasteiger partial charge in [-0.05, 0) is 4.92 Å².